The van der Waals surface area contributed by atoms with E-state index < -0.39 is 24.4 Å². The Bertz CT molecular complexity index is 389. The van der Waals surface area contributed by atoms with Gasteiger partial charge in [-0.25, -0.2) is 0 Å². The fourth-order valence-electron chi connectivity index (χ4n) is 3.44. The number of carbonyl (C=O) groups excluding carboxylic acids is 1. The zero-order chi connectivity index (χ0) is 20.6. The van der Waals surface area contributed by atoms with Gasteiger partial charge in [-0.3, -0.25) is 4.79 Å². The fraction of sp³-hybridized carbons (Fsp3) is 0.909. The Morgan fingerprint density at radius 1 is 0.821 bits per heavy atom. The molecule has 0 aromatic rings. The molecule has 1 rings (SSSR count). The molecule has 0 spiro atoms. The molecule has 0 aliphatic carbocycles. The van der Waals surface area contributed by atoms with Crippen LogP contribution in [-0.4, -0.2) is 52.3 Å². The van der Waals surface area contributed by atoms with E-state index in [2.05, 4.69) is 6.92 Å². The van der Waals surface area contributed by atoms with Crippen LogP contribution in [0.2, 0.25) is 0 Å². The summed E-state index contributed by atoms with van der Waals surface area (Å²) < 4.78 is 10.2. The minimum atomic E-state index is -1.32. The maximum atomic E-state index is 11.8. The molecule has 1 aliphatic rings. The fourth-order valence-corrected chi connectivity index (χ4v) is 3.44. The van der Waals surface area contributed by atoms with E-state index in [0.717, 1.165) is 25.9 Å². The second-order valence-corrected chi connectivity index (χ2v) is 7.96. The molecule has 6 heteroatoms. The predicted molar refractivity (Wildman–Crippen MR) is 108 cm³/mol. The second-order valence-electron chi connectivity index (χ2n) is 7.96. The van der Waals surface area contributed by atoms with Crippen LogP contribution < -0.4 is 0 Å². The number of carbonyl (C=O) groups is 1. The molecule has 1 fully saturated rings. The van der Waals surface area contributed by atoms with Gasteiger partial charge in [-0.05, 0) is 6.42 Å². The van der Waals surface area contributed by atoms with Crippen LogP contribution in [0.5, 0.6) is 0 Å². The van der Waals surface area contributed by atoms with Gasteiger partial charge in [-0.15, -0.1) is 0 Å². The Morgan fingerprint density at radius 3 is 1.86 bits per heavy atom. The lowest BCUT2D eigenvalue weighted by Gasteiger charge is -2.34. The minimum absolute atomic E-state index is 0.126. The van der Waals surface area contributed by atoms with Gasteiger partial charge >= 0.3 is 5.97 Å². The highest BCUT2D eigenvalue weighted by molar-refractivity contribution is 5.69. The van der Waals surface area contributed by atoms with Crippen LogP contribution in [-0.2, 0) is 14.3 Å². The van der Waals surface area contributed by atoms with Crippen LogP contribution in [0.4, 0.5) is 0 Å². The van der Waals surface area contributed by atoms with E-state index in [1.807, 2.05) is 0 Å². The lowest BCUT2D eigenvalue weighted by atomic mass is 10.0. The quantitative estimate of drug-likeness (QED) is 0.270. The van der Waals surface area contributed by atoms with Crippen molar-refractivity contribution in [2.45, 2.75) is 121 Å². The largest absolute Gasteiger partial charge is 0.463 e. The van der Waals surface area contributed by atoms with Crippen molar-refractivity contribution in [3.05, 3.63) is 6.61 Å². The molecular weight excluding hydrogens is 360 g/mol. The van der Waals surface area contributed by atoms with Gasteiger partial charge in [-0.2, -0.15) is 0 Å². The molecule has 0 amide bonds. The lowest BCUT2D eigenvalue weighted by Crippen LogP contribution is -2.52. The first-order valence-electron chi connectivity index (χ1n) is 11.2. The second kappa shape index (κ2) is 16.1. The predicted octanol–water partition coefficient (Wildman–Crippen LogP) is 3.65. The standard InChI is InChI=1S/C22H41O6/c1-2-3-4-5-6-7-8-9-10-11-12-13-14-15-20(24)28-17-19-22(26)21(25)18(23)16-27-19/h16,18-19,21-23,25-26H,2-15,17H2,1H3/t18-,19+,21+,22+/m0/s1. The number of rotatable bonds is 16. The monoisotopic (exact) mass is 401 g/mol. The number of hydrogen-bond acceptors (Lipinski definition) is 6. The summed E-state index contributed by atoms with van der Waals surface area (Å²) in [4.78, 5) is 11.8. The van der Waals surface area contributed by atoms with Gasteiger partial charge in [0.15, 0.2) is 0 Å². The molecular formula is C22H41O6. The summed E-state index contributed by atoms with van der Waals surface area (Å²) >= 11 is 0. The Hall–Kier alpha value is -0.690. The van der Waals surface area contributed by atoms with E-state index in [9.17, 15) is 20.1 Å². The Labute approximate surface area is 170 Å². The molecule has 3 N–H and O–H groups in total. The van der Waals surface area contributed by atoms with Crippen LogP contribution in [0.25, 0.3) is 0 Å². The summed E-state index contributed by atoms with van der Waals surface area (Å²) in [5, 5.41) is 28.7. The molecule has 1 heterocycles. The van der Waals surface area contributed by atoms with Crippen LogP contribution in [0.15, 0.2) is 0 Å². The molecule has 0 aromatic heterocycles. The number of aliphatic hydroxyl groups is 3. The van der Waals surface area contributed by atoms with Gasteiger partial charge < -0.3 is 24.8 Å². The van der Waals surface area contributed by atoms with Crippen molar-refractivity contribution in [2.24, 2.45) is 0 Å². The highest BCUT2D eigenvalue weighted by Crippen LogP contribution is 2.19. The van der Waals surface area contributed by atoms with E-state index in [1.165, 1.54) is 64.2 Å². The highest BCUT2D eigenvalue weighted by Gasteiger charge is 2.38. The zero-order valence-corrected chi connectivity index (χ0v) is 17.6. The third-order valence-corrected chi connectivity index (χ3v) is 5.37. The van der Waals surface area contributed by atoms with Gasteiger partial charge in [0.2, 0.25) is 0 Å². The van der Waals surface area contributed by atoms with Crippen LogP contribution in [0.1, 0.15) is 96.8 Å². The summed E-state index contributed by atoms with van der Waals surface area (Å²) in [6.07, 6.45) is 12.0. The Balaban J connectivity index is 1.88. The van der Waals surface area contributed by atoms with Crippen molar-refractivity contribution < 1.29 is 29.6 Å². The first-order chi connectivity index (χ1) is 13.6. The normalized spacial score (nSPS) is 25.0. The maximum Gasteiger partial charge on any atom is 0.305 e. The minimum Gasteiger partial charge on any atom is -0.463 e. The third kappa shape index (κ3) is 11.3. The molecule has 4 atom stereocenters. The third-order valence-electron chi connectivity index (χ3n) is 5.37. The van der Waals surface area contributed by atoms with Gasteiger partial charge in [-0.1, -0.05) is 84.0 Å². The molecule has 28 heavy (non-hydrogen) atoms. The van der Waals surface area contributed by atoms with E-state index in [-0.39, 0.29) is 12.6 Å². The first kappa shape index (κ1) is 25.3. The highest BCUT2D eigenvalue weighted by atomic mass is 16.6. The molecule has 0 aromatic carbocycles. The van der Waals surface area contributed by atoms with Crippen molar-refractivity contribution in [2.75, 3.05) is 6.61 Å². The Kier molecular flexibility index (Phi) is 14.6. The number of unbranched alkanes of at least 4 members (excludes halogenated alkanes) is 12. The van der Waals surface area contributed by atoms with E-state index >= 15 is 0 Å². The topological polar surface area (TPSA) is 96.2 Å². The molecule has 165 valence electrons. The number of ether oxygens (including phenoxy) is 2. The summed E-state index contributed by atoms with van der Waals surface area (Å²) in [5.74, 6) is -0.320. The molecule has 6 nitrogen and oxygen atoms in total. The van der Waals surface area contributed by atoms with Crippen molar-refractivity contribution in [1.29, 1.82) is 0 Å². The van der Waals surface area contributed by atoms with Gasteiger partial charge in [0.25, 0.3) is 0 Å². The number of hydrogen-bond donors (Lipinski definition) is 3. The van der Waals surface area contributed by atoms with Crippen LogP contribution in [0.3, 0.4) is 0 Å². The molecule has 1 aliphatic heterocycles. The Morgan fingerprint density at radius 2 is 1.32 bits per heavy atom. The molecule has 1 radical (unpaired) electrons. The van der Waals surface area contributed by atoms with Crippen molar-refractivity contribution in [3.8, 4) is 0 Å². The first-order valence-corrected chi connectivity index (χ1v) is 11.2. The van der Waals surface area contributed by atoms with Gasteiger partial charge in [0, 0.05) is 6.42 Å². The van der Waals surface area contributed by atoms with Gasteiger partial charge in [0.1, 0.15) is 37.6 Å². The summed E-state index contributed by atoms with van der Waals surface area (Å²) in [5.41, 5.74) is 0. The van der Waals surface area contributed by atoms with Crippen LogP contribution in [0, 0.1) is 6.61 Å². The molecule has 1 saturated heterocycles. The van der Waals surface area contributed by atoms with Crippen molar-refractivity contribution in [3.63, 3.8) is 0 Å². The SMILES string of the molecule is CCCCCCCCCCCCCCCC(=O)OC[C@H]1O[CH][C@H](O)[C@@H](O)[C@@H]1O. The smallest absolute Gasteiger partial charge is 0.305 e. The maximum absolute atomic E-state index is 11.8. The van der Waals surface area contributed by atoms with Gasteiger partial charge in [0.05, 0.1) is 0 Å². The summed E-state index contributed by atoms with van der Waals surface area (Å²) in [7, 11) is 0. The van der Waals surface area contributed by atoms with E-state index in [4.69, 9.17) is 9.47 Å². The molecule has 0 bridgehead atoms. The molecule has 0 saturated carbocycles. The van der Waals surface area contributed by atoms with Crippen molar-refractivity contribution >= 4 is 5.97 Å². The average Bonchev–Trinajstić information content (AvgIpc) is 2.69. The number of esters is 1. The summed E-state index contributed by atoms with van der Waals surface area (Å²) in [6, 6.07) is 0. The zero-order valence-electron chi connectivity index (χ0n) is 17.6. The average molecular weight is 402 g/mol. The van der Waals surface area contributed by atoms with Crippen LogP contribution >= 0.6 is 0 Å². The molecule has 0 unspecified atom stereocenters. The van der Waals surface area contributed by atoms with E-state index in [1.54, 1.807) is 0 Å². The summed E-state index contributed by atoms with van der Waals surface area (Å²) in [6.45, 7) is 3.18. The number of aliphatic hydroxyl groups excluding tert-OH is 3. The van der Waals surface area contributed by atoms with Crippen molar-refractivity contribution in [1.82, 2.24) is 0 Å². The lowest BCUT2D eigenvalue weighted by molar-refractivity contribution is -0.180. The van der Waals surface area contributed by atoms with E-state index in [0.29, 0.717) is 6.42 Å².